The average molecular weight is 232 g/mol. The number of hydrogen-bond acceptors (Lipinski definition) is 3. The lowest BCUT2D eigenvalue weighted by molar-refractivity contribution is -0.145. The summed E-state index contributed by atoms with van der Waals surface area (Å²) < 4.78 is 24.4. The Labute approximate surface area is 92.5 Å². The zero-order valence-corrected chi connectivity index (χ0v) is 8.83. The normalized spacial score (nSPS) is 17.7. The first-order valence-electron chi connectivity index (χ1n) is 5.15. The molecule has 16 heavy (non-hydrogen) atoms. The number of alkyl halides is 2. The zero-order chi connectivity index (χ0) is 12.2. The van der Waals surface area contributed by atoms with Gasteiger partial charge in [-0.1, -0.05) is 0 Å². The van der Waals surface area contributed by atoms with Crippen molar-refractivity contribution < 1.29 is 18.7 Å². The second-order valence-corrected chi connectivity index (χ2v) is 3.91. The Bertz CT molecular complexity index is 298. The molecule has 0 spiro atoms. The van der Waals surface area contributed by atoms with Gasteiger partial charge in [-0.15, -0.1) is 0 Å². The molecule has 1 aliphatic rings. The standard InChI is InChI=1S/C10H14F2N2O2/c11-8(12)6-14(4-5-15)9(16)10(7-13)2-1-3-10/h8,15H,1-6H2. The molecule has 0 unspecified atom stereocenters. The number of aliphatic hydroxyl groups is 1. The first-order chi connectivity index (χ1) is 7.55. The molecule has 1 amide bonds. The number of nitriles is 1. The van der Waals surface area contributed by atoms with Gasteiger partial charge < -0.3 is 10.0 Å². The summed E-state index contributed by atoms with van der Waals surface area (Å²) in [6, 6.07) is 1.91. The van der Waals surface area contributed by atoms with E-state index in [9.17, 15) is 13.6 Å². The molecule has 1 saturated carbocycles. The van der Waals surface area contributed by atoms with Crippen molar-refractivity contribution in [2.75, 3.05) is 19.7 Å². The first kappa shape index (κ1) is 12.8. The second kappa shape index (κ2) is 5.21. The van der Waals surface area contributed by atoms with E-state index in [2.05, 4.69) is 0 Å². The molecular formula is C10H14F2N2O2. The van der Waals surface area contributed by atoms with Gasteiger partial charge in [0.15, 0.2) is 0 Å². The van der Waals surface area contributed by atoms with E-state index in [0.717, 1.165) is 11.3 Å². The van der Waals surface area contributed by atoms with E-state index in [1.165, 1.54) is 0 Å². The van der Waals surface area contributed by atoms with Gasteiger partial charge in [0, 0.05) is 6.54 Å². The Hall–Kier alpha value is -1.22. The molecule has 1 fully saturated rings. The predicted octanol–water partition coefficient (Wildman–Crippen LogP) is 0.766. The molecule has 0 saturated heterocycles. The van der Waals surface area contributed by atoms with Crippen LogP contribution >= 0.6 is 0 Å². The van der Waals surface area contributed by atoms with E-state index < -0.39 is 24.3 Å². The first-order valence-corrected chi connectivity index (χ1v) is 5.15. The minimum Gasteiger partial charge on any atom is -0.395 e. The summed E-state index contributed by atoms with van der Waals surface area (Å²) in [4.78, 5) is 12.7. The van der Waals surface area contributed by atoms with Crippen LogP contribution in [0.25, 0.3) is 0 Å². The zero-order valence-electron chi connectivity index (χ0n) is 8.83. The molecule has 0 bridgehead atoms. The number of carbonyl (C=O) groups excluding carboxylic acids is 1. The summed E-state index contributed by atoms with van der Waals surface area (Å²) in [7, 11) is 0. The third kappa shape index (κ3) is 2.47. The van der Waals surface area contributed by atoms with Crippen molar-refractivity contribution >= 4 is 5.91 Å². The molecule has 0 atom stereocenters. The van der Waals surface area contributed by atoms with Gasteiger partial charge in [0.05, 0.1) is 19.2 Å². The molecule has 0 heterocycles. The van der Waals surface area contributed by atoms with Crippen molar-refractivity contribution in [2.45, 2.75) is 25.7 Å². The van der Waals surface area contributed by atoms with Crippen LogP contribution in [0.5, 0.6) is 0 Å². The third-order valence-corrected chi connectivity index (χ3v) is 2.85. The average Bonchev–Trinajstić information content (AvgIpc) is 2.15. The molecule has 0 aliphatic heterocycles. The number of nitrogens with zero attached hydrogens (tertiary/aromatic N) is 2. The summed E-state index contributed by atoms with van der Waals surface area (Å²) in [6.07, 6.45) is -1.03. The van der Waals surface area contributed by atoms with Gasteiger partial charge >= 0.3 is 0 Å². The van der Waals surface area contributed by atoms with Crippen LogP contribution in [0.3, 0.4) is 0 Å². The van der Waals surface area contributed by atoms with Crippen LogP contribution in [0.2, 0.25) is 0 Å². The molecule has 0 aromatic heterocycles. The molecule has 1 rings (SSSR count). The fourth-order valence-electron chi connectivity index (χ4n) is 1.77. The number of amides is 1. The molecule has 90 valence electrons. The lowest BCUT2D eigenvalue weighted by Crippen LogP contribution is -2.49. The van der Waals surface area contributed by atoms with E-state index in [1.807, 2.05) is 6.07 Å². The smallest absolute Gasteiger partial charge is 0.255 e. The minimum absolute atomic E-state index is 0.146. The van der Waals surface area contributed by atoms with Crippen LogP contribution in [-0.2, 0) is 4.79 Å². The Morgan fingerprint density at radius 1 is 1.56 bits per heavy atom. The van der Waals surface area contributed by atoms with Gasteiger partial charge in [-0.05, 0) is 19.3 Å². The predicted molar refractivity (Wildman–Crippen MR) is 51.6 cm³/mol. The molecule has 1 N–H and O–H groups in total. The lowest BCUT2D eigenvalue weighted by Gasteiger charge is -2.37. The molecule has 0 radical (unpaired) electrons. The summed E-state index contributed by atoms with van der Waals surface area (Å²) in [5.41, 5.74) is -1.12. The van der Waals surface area contributed by atoms with Crippen molar-refractivity contribution in [3.8, 4) is 6.07 Å². The van der Waals surface area contributed by atoms with E-state index in [4.69, 9.17) is 10.4 Å². The van der Waals surface area contributed by atoms with Crippen LogP contribution in [0.15, 0.2) is 0 Å². The van der Waals surface area contributed by atoms with Gasteiger partial charge in [0.25, 0.3) is 6.43 Å². The summed E-state index contributed by atoms with van der Waals surface area (Å²) in [5, 5.41) is 17.6. The Morgan fingerprint density at radius 2 is 2.19 bits per heavy atom. The Kier molecular flexibility index (Phi) is 4.19. The lowest BCUT2D eigenvalue weighted by atomic mass is 9.69. The van der Waals surface area contributed by atoms with Gasteiger partial charge in [-0.25, -0.2) is 8.78 Å². The maximum absolute atomic E-state index is 12.2. The molecule has 4 nitrogen and oxygen atoms in total. The number of halogens is 2. The molecule has 6 heteroatoms. The number of rotatable bonds is 5. The molecular weight excluding hydrogens is 218 g/mol. The Balaban J connectivity index is 2.70. The van der Waals surface area contributed by atoms with E-state index in [-0.39, 0.29) is 13.2 Å². The quantitative estimate of drug-likeness (QED) is 0.761. The largest absolute Gasteiger partial charge is 0.395 e. The highest BCUT2D eigenvalue weighted by atomic mass is 19.3. The monoisotopic (exact) mass is 232 g/mol. The van der Waals surface area contributed by atoms with Crippen LogP contribution in [0.1, 0.15) is 19.3 Å². The summed E-state index contributed by atoms with van der Waals surface area (Å²) >= 11 is 0. The number of carbonyl (C=O) groups is 1. The Morgan fingerprint density at radius 3 is 2.50 bits per heavy atom. The molecule has 1 aliphatic carbocycles. The fourth-order valence-corrected chi connectivity index (χ4v) is 1.77. The van der Waals surface area contributed by atoms with Crippen molar-refractivity contribution in [3.05, 3.63) is 0 Å². The van der Waals surface area contributed by atoms with Crippen LogP contribution in [-0.4, -0.2) is 42.0 Å². The highest BCUT2D eigenvalue weighted by molar-refractivity contribution is 5.86. The van der Waals surface area contributed by atoms with E-state index >= 15 is 0 Å². The summed E-state index contributed by atoms with van der Waals surface area (Å²) in [6.45, 7) is -1.24. The van der Waals surface area contributed by atoms with Crippen molar-refractivity contribution in [3.63, 3.8) is 0 Å². The highest BCUT2D eigenvalue weighted by Crippen LogP contribution is 2.41. The van der Waals surface area contributed by atoms with Crippen LogP contribution in [0.4, 0.5) is 8.78 Å². The third-order valence-electron chi connectivity index (χ3n) is 2.85. The van der Waals surface area contributed by atoms with E-state index in [1.54, 1.807) is 0 Å². The number of hydrogen-bond donors (Lipinski definition) is 1. The maximum Gasteiger partial charge on any atom is 0.255 e. The summed E-state index contributed by atoms with van der Waals surface area (Å²) in [5.74, 6) is -0.574. The van der Waals surface area contributed by atoms with Crippen LogP contribution in [0, 0.1) is 16.7 Å². The molecule has 0 aromatic carbocycles. The van der Waals surface area contributed by atoms with Crippen molar-refractivity contribution in [1.82, 2.24) is 4.90 Å². The number of aliphatic hydroxyl groups excluding tert-OH is 1. The van der Waals surface area contributed by atoms with Gasteiger partial charge in [0.2, 0.25) is 5.91 Å². The fraction of sp³-hybridized carbons (Fsp3) is 0.800. The van der Waals surface area contributed by atoms with Gasteiger partial charge in [0.1, 0.15) is 5.41 Å². The maximum atomic E-state index is 12.2. The van der Waals surface area contributed by atoms with E-state index in [0.29, 0.717) is 12.8 Å². The topological polar surface area (TPSA) is 64.3 Å². The SMILES string of the molecule is N#CC1(C(=O)N(CCO)CC(F)F)CCC1. The van der Waals surface area contributed by atoms with Crippen LogP contribution < -0.4 is 0 Å². The van der Waals surface area contributed by atoms with Crippen molar-refractivity contribution in [1.29, 1.82) is 5.26 Å². The van der Waals surface area contributed by atoms with Gasteiger partial charge in [-0.2, -0.15) is 5.26 Å². The minimum atomic E-state index is -2.65. The molecule has 0 aromatic rings. The second-order valence-electron chi connectivity index (χ2n) is 3.91. The highest BCUT2D eigenvalue weighted by Gasteiger charge is 2.47. The van der Waals surface area contributed by atoms with Gasteiger partial charge in [-0.3, -0.25) is 4.79 Å². The van der Waals surface area contributed by atoms with Crippen molar-refractivity contribution in [2.24, 2.45) is 5.41 Å².